The number of aryl methyl sites for hydroxylation is 1. The lowest BCUT2D eigenvalue weighted by atomic mass is 9.82. The van der Waals surface area contributed by atoms with Crippen molar-refractivity contribution < 1.29 is 4.79 Å². The van der Waals surface area contributed by atoms with Gasteiger partial charge in [-0.2, -0.15) is 0 Å². The second kappa shape index (κ2) is 5.75. The Hall–Kier alpha value is -1.68. The molecule has 102 valence electrons. The molecule has 0 saturated carbocycles. The molecule has 0 bridgehead atoms. The fourth-order valence-electron chi connectivity index (χ4n) is 2.69. The van der Waals surface area contributed by atoms with Gasteiger partial charge in [-0.15, -0.1) is 0 Å². The summed E-state index contributed by atoms with van der Waals surface area (Å²) < 4.78 is 0.901. The van der Waals surface area contributed by atoms with E-state index in [0.29, 0.717) is 5.82 Å². The molecule has 0 saturated heterocycles. The number of carbonyl (C=O) groups is 1. The third-order valence-corrected chi connectivity index (χ3v) is 4.13. The van der Waals surface area contributed by atoms with Gasteiger partial charge in [-0.25, -0.2) is 4.98 Å². The minimum Gasteiger partial charge on any atom is -0.310 e. The number of amides is 1. The second-order valence-electron chi connectivity index (χ2n) is 4.99. The molecule has 0 aliphatic heterocycles. The molecule has 4 heteroatoms. The van der Waals surface area contributed by atoms with E-state index in [-0.39, 0.29) is 11.8 Å². The topological polar surface area (TPSA) is 42.0 Å². The highest BCUT2D eigenvalue weighted by molar-refractivity contribution is 9.10. The van der Waals surface area contributed by atoms with E-state index in [1.54, 1.807) is 12.3 Å². The van der Waals surface area contributed by atoms with Crippen LogP contribution < -0.4 is 5.32 Å². The van der Waals surface area contributed by atoms with Crippen LogP contribution in [0.4, 0.5) is 5.82 Å². The number of hydrogen-bond acceptors (Lipinski definition) is 2. The van der Waals surface area contributed by atoms with Crippen LogP contribution in [0.25, 0.3) is 0 Å². The molecule has 3 rings (SSSR count). The van der Waals surface area contributed by atoms with Gasteiger partial charge in [0.05, 0.1) is 5.92 Å². The number of rotatable bonds is 2. The van der Waals surface area contributed by atoms with Crippen LogP contribution in [0, 0.1) is 0 Å². The molecule has 0 radical (unpaired) electrons. The van der Waals surface area contributed by atoms with Crippen molar-refractivity contribution in [3.63, 3.8) is 0 Å². The normalized spacial score (nSPS) is 17.4. The standard InChI is InChI=1S/C16H15BrN2O/c17-12-8-9-15(18-10-12)19-16(20)14-7-3-5-11-4-1-2-6-13(11)14/h1-2,4,6,8-10,14H,3,5,7H2,(H,18,19,20). The van der Waals surface area contributed by atoms with Crippen LogP contribution in [-0.2, 0) is 11.2 Å². The van der Waals surface area contributed by atoms with Gasteiger partial charge in [0.1, 0.15) is 5.82 Å². The molecule has 1 aliphatic carbocycles. The number of nitrogens with one attached hydrogen (secondary N) is 1. The zero-order chi connectivity index (χ0) is 13.9. The monoisotopic (exact) mass is 330 g/mol. The molecule has 20 heavy (non-hydrogen) atoms. The molecule has 1 atom stereocenters. The fourth-order valence-corrected chi connectivity index (χ4v) is 2.92. The first-order valence-electron chi connectivity index (χ1n) is 6.74. The summed E-state index contributed by atoms with van der Waals surface area (Å²) >= 11 is 3.33. The molecule has 0 spiro atoms. The molecule has 3 nitrogen and oxygen atoms in total. The summed E-state index contributed by atoms with van der Waals surface area (Å²) in [6.45, 7) is 0. The Bertz CT molecular complexity index is 625. The third-order valence-electron chi connectivity index (χ3n) is 3.66. The van der Waals surface area contributed by atoms with E-state index in [0.717, 1.165) is 29.3 Å². The van der Waals surface area contributed by atoms with Gasteiger partial charge in [0.2, 0.25) is 5.91 Å². The van der Waals surface area contributed by atoms with Crippen LogP contribution in [0.15, 0.2) is 47.1 Å². The van der Waals surface area contributed by atoms with E-state index in [2.05, 4.69) is 38.4 Å². The molecular weight excluding hydrogens is 316 g/mol. The summed E-state index contributed by atoms with van der Waals surface area (Å²) in [6, 6.07) is 11.9. The number of hydrogen-bond donors (Lipinski definition) is 1. The molecule has 1 aromatic carbocycles. The highest BCUT2D eigenvalue weighted by Gasteiger charge is 2.26. The summed E-state index contributed by atoms with van der Waals surface area (Å²) in [7, 11) is 0. The van der Waals surface area contributed by atoms with E-state index in [1.807, 2.05) is 18.2 Å². The van der Waals surface area contributed by atoms with E-state index in [1.165, 1.54) is 5.56 Å². The zero-order valence-corrected chi connectivity index (χ0v) is 12.6. The van der Waals surface area contributed by atoms with Crippen molar-refractivity contribution in [3.05, 3.63) is 58.2 Å². The van der Waals surface area contributed by atoms with Crippen molar-refractivity contribution in [3.8, 4) is 0 Å². The lowest BCUT2D eigenvalue weighted by Gasteiger charge is -2.24. The van der Waals surface area contributed by atoms with E-state index in [4.69, 9.17) is 0 Å². The maximum atomic E-state index is 12.5. The van der Waals surface area contributed by atoms with E-state index in [9.17, 15) is 4.79 Å². The number of aromatic nitrogens is 1. The van der Waals surface area contributed by atoms with Crippen LogP contribution in [0.5, 0.6) is 0 Å². The number of nitrogens with zero attached hydrogens (tertiary/aromatic N) is 1. The minimum atomic E-state index is -0.0644. The van der Waals surface area contributed by atoms with Crippen molar-refractivity contribution in [2.24, 2.45) is 0 Å². The number of benzene rings is 1. The average molecular weight is 331 g/mol. The van der Waals surface area contributed by atoms with Crippen molar-refractivity contribution >= 4 is 27.7 Å². The van der Waals surface area contributed by atoms with Crippen LogP contribution in [0.1, 0.15) is 29.9 Å². The summed E-state index contributed by atoms with van der Waals surface area (Å²) in [5.41, 5.74) is 2.45. The van der Waals surface area contributed by atoms with E-state index >= 15 is 0 Å². The first-order chi connectivity index (χ1) is 9.74. The quantitative estimate of drug-likeness (QED) is 0.907. The third kappa shape index (κ3) is 2.75. The van der Waals surface area contributed by atoms with Crippen LogP contribution >= 0.6 is 15.9 Å². The van der Waals surface area contributed by atoms with Crippen molar-refractivity contribution in [1.29, 1.82) is 0 Å². The van der Waals surface area contributed by atoms with Gasteiger partial charge in [-0.3, -0.25) is 4.79 Å². The van der Waals surface area contributed by atoms with Gasteiger partial charge in [-0.1, -0.05) is 24.3 Å². The molecule has 1 N–H and O–H groups in total. The molecule has 0 fully saturated rings. The maximum absolute atomic E-state index is 12.5. The molecule has 1 aliphatic rings. The van der Waals surface area contributed by atoms with Crippen LogP contribution in [-0.4, -0.2) is 10.9 Å². The SMILES string of the molecule is O=C(Nc1ccc(Br)cn1)C1CCCc2ccccc21. The number of pyridine rings is 1. The molecule has 1 amide bonds. The highest BCUT2D eigenvalue weighted by atomic mass is 79.9. The largest absolute Gasteiger partial charge is 0.310 e. The Morgan fingerprint density at radius 1 is 1.25 bits per heavy atom. The first-order valence-corrected chi connectivity index (χ1v) is 7.53. The Morgan fingerprint density at radius 2 is 2.10 bits per heavy atom. The summed E-state index contributed by atoms with van der Waals surface area (Å²) in [6.07, 6.45) is 4.71. The lowest BCUT2D eigenvalue weighted by molar-refractivity contribution is -0.117. The Morgan fingerprint density at radius 3 is 2.90 bits per heavy atom. The van der Waals surface area contributed by atoms with Gasteiger partial charge in [0.15, 0.2) is 0 Å². The molecular formula is C16H15BrN2O. The Labute approximate surface area is 126 Å². The Kier molecular flexibility index (Phi) is 3.83. The fraction of sp³-hybridized carbons (Fsp3) is 0.250. The highest BCUT2D eigenvalue weighted by Crippen LogP contribution is 2.32. The van der Waals surface area contributed by atoms with Gasteiger partial charge in [0.25, 0.3) is 0 Å². The number of anilines is 1. The first kappa shape index (κ1) is 13.3. The molecule has 1 heterocycles. The number of carbonyl (C=O) groups excluding carboxylic acids is 1. The van der Waals surface area contributed by atoms with Crippen LogP contribution in [0.2, 0.25) is 0 Å². The molecule has 1 unspecified atom stereocenters. The maximum Gasteiger partial charge on any atom is 0.233 e. The van der Waals surface area contributed by atoms with Gasteiger partial charge < -0.3 is 5.32 Å². The smallest absolute Gasteiger partial charge is 0.233 e. The van der Waals surface area contributed by atoms with Gasteiger partial charge in [0, 0.05) is 10.7 Å². The molecule has 2 aromatic rings. The predicted octanol–water partition coefficient (Wildman–Crippen LogP) is 3.90. The summed E-state index contributed by atoms with van der Waals surface area (Å²) in [5, 5.41) is 2.91. The van der Waals surface area contributed by atoms with Crippen molar-refractivity contribution in [1.82, 2.24) is 4.98 Å². The average Bonchev–Trinajstić information content (AvgIpc) is 2.49. The van der Waals surface area contributed by atoms with Crippen molar-refractivity contribution in [2.45, 2.75) is 25.2 Å². The summed E-state index contributed by atoms with van der Waals surface area (Å²) in [5.74, 6) is 0.568. The lowest BCUT2D eigenvalue weighted by Crippen LogP contribution is -2.25. The predicted molar refractivity (Wildman–Crippen MR) is 82.7 cm³/mol. The second-order valence-corrected chi connectivity index (χ2v) is 5.91. The van der Waals surface area contributed by atoms with Crippen LogP contribution in [0.3, 0.4) is 0 Å². The van der Waals surface area contributed by atoms with E-state index < -0.39 is 0 Å². The number of fused-ring (bicyclic) bond motifs is 1. The Balaban J connectivity index is 1.80. The van der Waals surface area contributed by atoms with Gasteiger partial charge >= 0.3 is 0 Å². The van der Waals surface area contributed by atoms with Crippen molar-refractivity contribution in [2.75, 3.05) is 5.32 Å². The number of halogens is 1. The van der Waals surface area contributed by atoms with Gasteiger partial charge in [-0.05, 0) is 58.5 Å². The minimum absolute atomic E-state index is 0.0342. The molecule has 1 aromatic heterocycles. The summed E-state index contributed by atoms with van der Waals surface area (Å²) in [4.78, 5) is 16.6. The zero-order valence-electron chi connectivity index (χ0n) is 11.0.